The molecule has 118 valence electrons. The van der Waals surface area contributed by atoms with Crippen molar-refractivity contribution < 1.29 is 16.8 Å². The molecule has 21 heavy (non-hydrogen) atoms. The van der Waals surface area contributed by atoms with Crippen LogP contribution < -0.4 is 5.32 Å². The van der Waals surface area contributed by atoms with Gasteiger partial charge in [-0.05, 0) is 30.5 Å². The van der Waals surface area contributed by atoms with Gasteiger partial charge in [0.25, 0.3) is 0 Å². The van der Waals surface area contributed by atoms with Gasteiger partial charge in [0, 0.05) is 25.1 Å². The predicted octanol–water partition coefficient (Wildman–Crippen LogP) is 1.15. The molecule has 1 saturated carbocycles. The molecule has 0 spiro atoms. The van der Waals surface area contributed by atoms with Crippen LogP contribution in [0.3, 0.4) is 0 Å². The molecule has 0 bridgehead atoms. The SMILES string of the molecule is CS(=O)(=O)c1ccc(CNC2CCCC2S(C)(=O)=O)cc1. The zero-order chi connectivity index (χ0) is 15.7. The highest BCUT2D eigenvalue weighted by Gasteiger charge is 2.34. The van der Waals surface area contributed by atoms with Crippen LogP contribution in [0.4, 0.5) is 0 Å². The summed E-state index contributed by atoms with van der Waals surface area (Å²) in [5.41, 5.74) is 0.946. The minimum absolute atomic E-state index is 0.0189. The van der Waals surface area contributed by atoms with Crippen LogP contribution in [0.15, 0.2) is 29.2 Å². The first-order valence-electron chi connectivity index (χ1n) is 6.89. The van der Waals surface area contributed by atoms with E-state index in [1.807, 2.05) is 0 Å². The van der Waals surface area contributed by atoms with E-state index in [-0.39, 0.29) is 11.3 Å². The van der Waals surface area contributed by atoms with Crippen molar-refractivity contribution in [3.8, 4) is 0 Å². The van der Waals surface area contributed by atoms with Gasteiger partial charge in [-0.25, -0.2) is 16.8 Å². The summed E-state index contributed by atoms with van der Waals surface area (Å²) in [5.74, 6) is 0. The maximum absolute atomic E-state index is 11.7. The van der Waals surface area contributed by atoms with Crippen LogP contribution in [-0.2, 0) is 26.2 Å². The van der Waals surface area contributed by atoms with E-state index in [1.165, 1.54) is 12.5 Å². The fourth-order valence-electron chi connectivity index (χ4n) is 2.78. The molecule has 0 aliphatic heterocycles. The number of nitrogens with one attached hydrogen (secondary N) is 1. The largest absolute Gasteiger partial charge is 0.309 e. The van der Waals surface area contributed by atoms with Crippen molar-refractivity contribution in [3.63, 3.8) is 0 Å². The molecule has 0 saturated heterocycles. The van der Waals surface area contributed by atoms with E-state index < -0.39 is 19.7 Å². The molecule has 2 rings (SSSR count). The summed E-state index contributed by atoms with van der Waals surface area (Å²) >= 11 is 0. The quantitative estimate of drug-likeness (QED) is 0.875. The summed E-state index contributed by atoms with van der Waals surface area (Å²) in [6, 6.07) is 6.65. The van der Waals surface area contributed by atoms with Gasteiger partial charge in [0.05, 0.1) is 10.1 Å². The summed E-state index contributed by atoms with van der Waals surface area (Å²) in [7, 11) is -6.20. The summed E-state index contributed by atoms with van der Waals surface area (Å²) in [6.45, 7) is 0.542. The first kappa shape index (κ1) is 16.5. The van der Waals surface area contributed by atoms with Crippen molar-refractivity contribution in [3.05, 3.63) is 29.8 Å². The van der Waals surface area contributed by atoms with Crippen molar-refractivity contribution in [2.45, 2.75) is 42.0 Å². The second kappa shape index (κ2) is 6.06. The van der Waals surface area contributed by atoms with Crippen LogP contribution in [0.25, 0.3) is 0 Å². The van der Waals surface area contributed by atoms with Crippen LogP contribution in [0.5, 0.6) is 0 Å². The Kier molecular flexibility index (Phi) is 4.75. The number of hydrogen-bond donors (Lipinski definition) is 1. The van der Waals surface area contributed by atoms with Crippen LogP contribution in [-0.4, -0.2) is 40.6 Å². The molecule has 2 atom stereocenters. The number of hydrogen-bond acceptors (Lipinski definition) is 5. The standard InChI is InChI=1S/C14H21NO4S2/c1-20(16,17)12-8-6-11(7-9-12)10-15-13-4-3-5-14(13)21(2,18)19/h6-9,13-15H,3-5,10H2,1-2H3. The Balaban J connectivity index is 2.00. The van der Waals surface area contributed by atoms with E-state index in [9.17, 15) is 16.8 Å². The second-order valence-electron chi connectivity index (χ2n) is 5.70. The molecular formula is C14H21NO4S2. The maximum Gasteiger partial charge on any atom is 0.175 e. The first-order valence-corrected chi connectivity index (χ1v) is 10.7. The van der Waals surface area contributed by atoms with Crippen molar-refractivity contribution in [2.24, 2.45) is 0 Å². The zero-order valence-corrected chi connectivity index (χ0v) is 13.9. The Bertz CT molecular complexity index is 693. The van der Waals surface area contributed by atoms with Gasteiger partial charge >= 0.3 is 0 Å². The van der Waals surface area contributed by atoms with Gasteiger partial charge < -0.3 is 5.32 Å². The summed E-state index contributed by atoms with van der Waals surface area (Å²) in [5, 5.41) is 2.97. The summed E-state index contributed by atoms with van der Waals surface area (Å²) in [4.78, 5) is 0.293. The van der Waals surface area contributed by atoms with Crippen LogP contribution in [0.1, 0.15) is 24.8 Å². The lowest BCUT2D eigenvalue weighted by Gasteiger charge is -2.19. The molecule has 1 aliphatic rings. The minimum Gasteiger partial charge on any atom is -0.309 e. The molecule has 5 nitrogen and oxygen atoms in total. The molecule has 1 aliphatic carbocycles. The molecule has 1 aromatic rings. The van der Waals surface area contributed by atoms with Crippen LogP contribution in [0, 0.1) is 0 Å². The highest BCUT2D eigenvalue weighted by Crippen LogP contribution is 2.25. The highest BCUT2D eigenvalue weighted by atomic mass is 32.2. The highest BCUT2D eigenvalue weighted by molar-refractivity contribution is 7.91. The molecule has 0 aromatic heterocycles. The molecule has 1 aromatic carbocycles. The van der Waals surface area contributed by atoms with Crippen molar-refractivity contribution in [2.75, 3.05) is 12.5 Å². The van der Waals surface area contributed by atoms with Gasteiger partial charge in [0.15, 0.2) is 19.7 Å². The van der Waals surface area contributed by atoms with Gasteiger partial charge in [-0.3, -0.25) is 0 Å². The molecule has 1 fully saturated rings. The number of sulfone groups is 2. The van der Waals surface area contributed by atoms with Gasteiger partial charge in [-0.2, -0.15) is 0 Å². The number of rotatable bonds is 5. The van der Waals surface area contributed by atoms with Crippen LogP contribution >= 0.6 is 0 Å². The zero-order valence-electron chi connectivity index (χ0n) is 12.2. The Labute approximate surface area is 126 Å². The predicted molar refractivity (Wildman–Crippen MR) is 82.7 cm³/mol. The second-order valence-corrected chi connectivity index (χ2v) is 9.98. The fraction of sp³-hybridized carbons (Fsp3) is 0.571. The van der Waals surface area contributed by atoms with Crippen LogP contribution in [0.2, 0.25) is 0 Å². The lowest BCUT2D eigenvalue weighted by atomic mass is 10.2. The average molecular weight is 331 g/mol. The van der Waals surface area contributed by atoms with E-state index in [1.54, 1.807) is 24.3 Å². The molecular weight excluding hydrogens is 310 g/mol. The Morgan fingerprint density at radius 2 is 1.67 bits per heavy atom. The third-order valence-corrected chi connectivity index (χ3v) is 6.71. The third-order valence-electron chi connectivity index (χ3n) is 3.92. The Hall–Kier alpha value is -0.920. The number of benzene rings is 1. The van der Waals surface area contributed by atoms with E-state index in [0.29, 0.717) is 17.9 Å². The molecule has 7 heteroatoms. The summed E-state index contributed by atoms with van der Waals surface area (Å²) in [6.07, 6.45) is 4.96. The molecule has 1 N–H and O–H groups in total. The van der Waals surface area contributed by atoms with E-state index in [0.717, 1.165) is 18.4 Å². The lowest BCUT2D eigenvalue weighted by molar-refractivity contribution is 0.507. The topological polar surface area (TPSA) is 80.3 Å². The molecule has 0 radical (unpaired) electrons. The van der Waals surface area contributed by atoms with Crippen molar-refractivity contribution in [1.29, 1.82) is 0 Å². The third kappa shape index (κ3) is 4.28. The first-order chi connectivity index (χ1) is 9.68. The van der Waals surface area contributed by atoms with Crippen molar-refractivity contribution in [1.82, 2.24) is 5.32 Å². The summed E-state index contributed by atoms with van der Waals surface area (Å²) < 4.78 is 46.2. The Morgan fingerprint density at radius 3 is 2.19 bits per heavy atom. The molecule has 2 unspecified atom stereocenters. The molecule has 0 amide bonds. The van der Waals surface area contributed by atoms with E-state index in [2.05, 4.69) is 5.32 Å². The van der Waals surface area contributed by atoms with Gasteiger partial charge in [0.1, 0.15) is 0 Å². The lowest BCUT2D eigenvalue weighted by Crippen LogP contribution is -2.39. The van der Waals surface area contributed by atoms with Gasteiger partial charge in [-0.15, -0.1) is 0 Å². The smallest absolute Gasteiger partial charge is 0.175 e. The normalized spacial score (nSPS) is 23.3. The Morgan fingerprint density at radius 1 is 1.05 bits per heavy atom. The van der Waals surface area contributed by atoms with E-state index >= 15 is 0 Å². The average Bonchev–Trinajstić information content (AvgIpc) is 2.84. The fourth-order valence-corrected chi connectivity index (χ4v) is 4.83. The minimum atomic E-state index is -3.18. The van der Waals surface area contributed by atoms with Gasteiger partial charge in [0.2, 0.25) is 0 Å². The monoisotopic (exact) mass is 331 g/mol. The van der Waals surface area contributed by atoms with E-state index in [4.69, 9.17) is 0 Å². The maximum atomic E-state index is 11.7. The molecule has 0 heterocycles. The van der Waals surface area contributed by atoms with Crippen molar-refractivity contribution >= 4 is 19.7 Å². The van der Waals surface area contributed by atoms with Gasteiger partial charge in [-0.1, -0.05) is 18.6 Å².